The molecule has 0 spiro atoms. The van der Waals surface area contributed by atoms with E-state index in [1.165, 1.54) is 0 Å². The Morgan fingerprint density at radius 2 is 2.29 bits per heavy atom. The van der Waals surface area contributed by atoms with Gasteiger partial charge in [0.25, 0.3) is 0 Å². The summed E-state index contributed by atoms with van der Waals surface area (Å²) in [5, 5.41) is 3.37. The van der Waals surface area contributed by atoms with Crippen molar-refractivity contribution in [2.75, 3.05) is 38.3 Å². The first kappa shape index (κ1) is 16.2. The second-order valence-electron chi connectivity index (χ2n) is 5.92. The summed E-state index contributed by atoms with van der Waals surface area (Å²) < 4.78 is 19.9. The topological polar surface area (TPSA) is 24.5 Å². The third kappa shape index (κ3) is 4.17. The molecular weight excluding hydrogens is 267 g/mol. The number of hydrogen-bond acceptors (Lipinski definition) is 3. The lowest BCUT2D eigenvalue weighted by molar-refractivity contribution is 0.0576. The first-order valence-corrected chi connectivity index (χ1v) is 7.94. The van der Waals surface area contributed by atoms with E-state index >= 15 is 0 Å². The number of halogens is 1. The van der Waals surface area contributed by atoms with Crippen LogP contribution in [-0.4, -0.2) is 33.4 Å². The minimum Gasteiger partial charge on any atom is -0.381 e. The number of nitrogens with one attached hydrogen (secondary N) is 1. The monoisotopic (exact) mass is 294 g/mol. The number of benzene rings is 1. The maximum absolute atomic E-state index is 14.4. The molecule has 2 atom stereocenters. The predicted molar refractivity (Wildman–Crippen MR) is 85.3 cm³/mol. The van der Waals surface area contributed by atoms with Crippen LogP contribution < -0.4 is 10.2 Å². The molecule has 4 heteroatoms. The molecule has 1 fully saturated rings. The van der Waals surface area contributed by atoms with Gasteiger partial charge < -0.3 is 15.0 Å². The fourth-order valence-electron chi connectivity index (χ4n) is 3.13. The summed E-state index contributed by atoms with van der Waals surface area (Å²) in [6, 6.07) is 5.50. The zero-order valence-corrected chi connectivity index (χ0v) is 13.4. The SMILES string of the molecule is CCNC(C)c1cccc(F)c1N(C)CC1CCCOC1. The van der Waals surface area contributed by atoms with Crippen LogP contribution in [0.3, 0.4) is 0 Å². The summed E-state index contributed by atoms with van der Waals surface area (Å²) in [5.74, 6) is 0.349. The number of ether oxygens (including phenoxy) is 1. The molecule has 1 aromatic rings. The summed E-state index contributed by atoms with van der Waals surface area (Å²) in [7, 11) is 1.98. The van der Waals surface area contributed by atoms with Crippen LogP contribution in [0.15, 0.2) is 18.2 Å². The molecule has 1 aromatic carbocycles. The molecule has 1 saturated heterocycles. The van der Waals surface area contributed by atoms with Crippen LogP contribution in [0.2, 0.25) is 0 Å². The molecule has 0 aromatic heterocycles. The Balaban J connectivity index is 2.16. The van der Waals surface area contributed by atoms with Crippen LogP contribution in [-0.2, 0) is 4.74 Å². The zero-order chi connectivity index (χ0) is 15.2. The highest BCUT2D eigenvalue weighted by molar-refractivity contribution is 5.55. The van der Waals surface area contributed by atoms with Crippen molar-refractivity contribution in [3.8, 4) is 0 Å². The van der Waals surface area contributed by atoms with Crippen LogP contribution >= 0.6 is 0 Å². The summed E-state index contributed by atoms with van der Waals surface area (Å²) in [6.45, 7) is 7.52. The van der Waals surface area contributed by atoms with E-state index in [2.05, 4.69) is 24.1 Å². The van der Waals surface area contributed by atoms with E-state index in [-0.39, 0.29) is 11.9 Å². The Morgan fingerprint density at radius 3 is 2.95 bits per heavy atom. The molecule has 2 rings (SSSR count). The van der Waals surface area contributed by atoms with E-state index in [4.69, 9.17) is 4.74 Å². The number of hydrogen-bond donors (Lipinski definition) is 1. The van der Waals surface area contributed by atoms with Crippen molar-refractivity contribution in [1.82, 2.24) is 5.32 Å². The lowest BCUT2D eigenvalue weighted by atomic mass is 10.00. The molecule has 0 saturated carbocycles. The molecule has 1 aliphatic rings. The normalized spacial score (nSPS) is 20.3. The zero-order valence-electron chi connectivity index (χ0n) is 13.4. The van der Waals surface area contributed by atoms with Crippen molar-refractivity contribution in [3.05, 3.63) is 29.6 Å². The van der Waals surface area contributed by atoms with Gasteiger partial charge in [-0.05, 0) is 43.9 Å². The van der Waals surface area contributed by atoms with Gasteiger partial charge in [0.05, 0.1) is 12.3 Å². The maximum atomic E-state index is 14.4. The highest BCUT2D eigenvalue weighted by Crippen LogP contribution is 2.30. The van der Waals surface area contributed by atoms with Crippen LogP contribution in [0.4, 0.5) is 10.1 Å². The lowest BCUT2D eigenvalue weighted by Crippen LogP contribution is -2.32. The van der Waals surface area contributed by atoms with Crippen molar-refractivity contribution in [3.63, 3.8) is 0 Å². The summed E-state index contributed by atoms with van der Waals surface area (Å²) in [6.07, 6.45) is 2.27. The van der Waals surface area contributed by atoms with Crippen molar-refractivity contribution >= 4 is 5.69 Å². The number of para-hydroxylation sites is 1. The average molecular weight is 294 g/mol. The second-order valence-corrected chi connectivity index (χ2v) is 5.92. The lowest BCUT2D eigenvalue weighted by Gasteiger charge is -2.31. The minimum atomic E-state index is -0.142. The van der Waals surface area contributed by atoms with Gasteiger partial charge in [0.1, 0.15) is 5.82 Å². The van der Waals surface area contributed by atoms with Crippen molar-refractivity contribution in [2.24, 2.45) is 5.92 Å². The van der Waals surface area contributed by atoms with E-state index in [1.54, 1.807) is 12.1 Å². The molecule has 0 bridgehead atoms. The largest absolute Gasteiger partial charge is 0.381 e. The molecule has 2 unspecified atom stereocenters. The quantitative estimate of drug-likeness (QED) is 0.870. The van der Waals surface area contributed by atoms with Gasteiger partial charge in [-0.2, -0.15) is 0 Å². The highest BCUT2D eigenvalue weighted by Gasteiger charge is 2.21. The average Bonchev–Trinajstić information content (AvgIpc) is 2.48. The second kappa shape index (κ2) is 7.76. The van der Waals surface area contributed by atoms with Gasteiger partial charge in [0, 0.05) is 26.2 Å². The number of nitrogens with zero attached hydrogens (tertiary/aromatic N) is 1. The van der Waals surface area contributed by atoms with Crippen molar-refractivity contribution in [1.29, 1.82) is 0 Å². The highest BCUT2D eigenvalue weighted by atomic mass is 19.1. The van der Waals surface area contributed by atoms with E-state index < -0.39 is 0 Å². The van der Waals surface area contributed by atoms with Gasteiger partial charge in [-0.25, -0.2) is 4.39 Å². The fraction of sp³-hybridized carbons (Fsp3) is 0.647. The molecule has 118 valence electrons. The Kier molecular flexibility index (Phi) is 6.00. The van der Waals surface area contributed by atoms with E-state index in [1.807, 2.05) is 13.1 Å². The van der Waals surface area contributed by atoms with Gasteiger partial charge in [0.2, 0.25) is 0 Å². The Hall–Kier alpha value is -1.13. The molecule has 1 N–H and O–H groups in total. The van der Waals surface area contributed by atoms with Gasteiger partial charge in [-0.1, -0.05) is 19.1 Å². The summed E-state index contributed by atoms with van der Waals surface area (Å²) >= 11 is 0. The summed E-state index contributed by atoms with van der Waals surface area (Å²) in [5.41, 5.74) is 1.74. The molecule has 0 radical (unpaired) electrons. The number of anilines is 1. The van der Waals surface area contributed by atoms with Gasteiger partial charge in [0.15, 0.2) is 0 Å². The third-order valence-corrected chi connectivity index (χ3v) is 4.16. The van der Waals surface area contributed by atoms with Crippen LogP contribution in [0.25, 0.3) is 0 Å². The van der Waals surface area contributed by atoms with E-state index in [0.717, 1.165) is 50.4 Å². The smallest absolute Gasteiger partial charge is 0.146 e. The molecule has 3 nitrogen and oxygen atoms in total. The molecule has 0 aliphatic carbocycles. The first-order valence-electron chi connectivity index (χ1n) is 7.94. The van der Waals surface area contributed by atoms with Crippen LogP contribution in [0.1, 0.15) is 38.3 Å². The Morgan fingerprint density at radius 1 is 1.48 bits per heavy atom. The van der Waals surface area contributed by atoms with Crippen LogP contribution in [0.5, 0.6) is 0 Å². The van der Waals surface area contributed by atoms with Crippen LogP contribution in [0, 0.1) is 11.7 Å². The molecular formula is C17H27FN2O. The fourth-order valence-corrected chi connectivity index (χ4v) is 3.13. The molecule has 0 amide bonds. The molecule has 1 aliphatic heterocycles. The van der Waals surface area contributed by atoms with Crippen molar-refractivity contribution < 1.29 is 9.13 Å². The van der Waals surface area contributed by atoms with Gasteiger partial charge in [-0.3, -0.25) is 0 Å². The van der Waals surface area contributed by atoms with Gasteiger partial charge >= 0.3 is 0 Å². The predicted octanol–water partition coefficient (Wildman–Crippen LogP) is 3.36. The van der Waals surface area contributed by atoms with E-state index in [9.17, 15) is 4.39 Å². The van der Waals surface area contributed by atoms with E-state index in [0.29, 0.717) is 5.92 Å². The Labute approximate surface area is 127 Å². The summed E-state index contributed by atoms with van der Waals surface area (Å²) in [4.78, 5) is 2.05. The Bertz CT molecular complexity index is 446. The number of rotatable bonds is 6. The molecule has 21 heavy (non-hydrogen) atoms. The minimum absolute atomic E-state index is 0.142. The van der Waals surface area contributed by atoms with Gasteiger partial charge in [-0.15, -0.1) is 0 Å². The first-order chi connectivity index (χ1) is 10.1. The van der Waals surface area contributed by atoms with Crippen molar-refractivity contribution in [2.45, 2.75) is 32.7 Å². The third-order valence-electron chi connectivity index (χ3n) is 4.16. The standard InChI is InChI=1S/C17H27FN2O/c1-4-19-13(2)15-8-5-9-16(18)17(15)20(3)11-14-7-6-10-21-12-14/h5,8-9,13-14,19H,4,6-7,10-12H2,1-3H3. The maximum Gasteiger partial charge on any atom is 0.146 e. The molecule has 1 heterocycles.